The Bertz CT molecular complexity index is 1180. The molecule has 2 aromatic rings. The van der Waals surface area contributed by atoms with Crippen LogP contribution in [0.2, 0.25) is 0 Å². The Labute approximate surface area is 208 Å². The molecular formula is C24H29BF3N5O3. The molecule has 2 N–H and O–H groups in total. The fourth-order valence-electron chi connectivity index (χ4n) is 4.65. The van der Waals surface area contributed by atoms with Crippen LogP contribution in [-0.2, 0) is 20.4 Å². The van der Waals surface area contributed by atoms with Gasteiger partial charge in [0.1, 0.15) is 11.1 Å². The van der Waals surface area contributed by atoms with E-state index >= 15 is 0 Å². The Morgan fingerprint density at radius 1 is 1.17 bits per heavy atom. The Hall–Kier alpha value is -2.88. The highest BCUT2D eigenvalue weighted by atomic mass is 19.4. The lowest BCUT2D eigenvalue weighted by molar-refractivity contribution is -0.257. The van der Waals surface area contributed by atoms with Crippen molar-refractivity contribution >= 4 is 18.5 Å². The Morgan fingerprint density at radius 2 is 1.72 bits per heavy atom. The maximum Gasteiger partial charge on any atom is 0.498 e. The number of aromatic nitrogens is 2. The van der Waals surface area contributed by atoms with E-state index in [1.807, 2.05) is 27.7 Å². The molecule has 36 heavy (non-hydrogen) atoms. The van der Waals surface area contributed by atoms with E-state index in [1.165, 1.54) is 29.2 Å². The Morgan fingerprint density at radius 3 is 2.19 bits per heavy atom. The number of hydrogen-bond donors (Lipinski definition) is 1. The number of carbonyl (C=O) groups is 1. The van der Waals surface area contributed by atoms with Gasteiger partial charge in [-0.15, -0.1) is 0 Å². The van der Waals surface area contributed by atoms with Crippen molar-refractivity contribution in [2.75, 3.05) is 13.1 Å². The Balaban J connectivity index is 1.62. The van der Waals surface area contributed by atoms with Crippen LogP contribution in [0.3, 0.4) is 0 Å². The van der Waals surface area contributed by atoms with Crippen molar-refractivity contribution < 1.29 is 27.3 Å². The van der Waals surface area contributed by atoms with Gasteiger partial charge in [0.25, 0.3) is 0 Å². The SMILES string of the molecule is CC1(C)OB(c2cnn(C3(CC#N)CN([C@@](C)(c4ccc(C(N)=O)cc4)C(F)(F)F)C3)c2)OC1(C)C. The number of halogens is 3. The van der Waals surface area contributed by atoms with Crippen LogP contribution in [0.25, 0.3) is 0 Å². The van der Waals surface area contributed by atoms with E-state index in [2.05, 4.69) is 11.2 Å². The van der Waals surface area contributed by atoms with Gasteiger partial charge in [-0.2, -0.15) is 23.5 Å². The van der Waals surface area contributed by atoms with Crippen LogP contribution < -0.4 is 11.2 Å². The lowest BCUT2D eigenvalue weighted by Gasteiger charge is -2.56. The number of nitrogens with zero attached hydrogens (tertiary/aromatic N) is 4. The second kappa shape index (κ2) is 8.33. The number of hydrogen-bond acceptors (Lipinski definition) is 6. The molecular weight excluding hydrogens is 474 g/mol. The lowest BCUT2D eigenvalue weighted by atomic mass is 9.78. The van der Waals surface area contributed by atoms with Crippen LogP contribution in [0.15, 0.2) is 36.7 Å². The largest absolute Gasteiger partial charge is 0.498 e. The Kier molecular flexibility index (Phi) is 6.06. The third-order valence-corrected chi connectivity index (χ3v) is 7.91. The normalized spacial score (nSPS) is 22.5. The van der Waals surface area contributed by atoms with Gasteiger partial charge < -0.3 is 15.0 Å². The van der Waals surface area contributed by atoms with Gasteiger partial charge in [0.05, 0.1) is 23.7 Å². The van der Waals surface area contributed by atoms with Crippen LogP contribution in [0.5, 0.6) is 0 Å². The van der Waals surface area contributed by atoms with Gasteiger partial charge in [0.2, 0.25) is 5.91 Å². The van der Waals surface area contributed by atoms with Gasteiger partial charge in [0, 0.05) is 36.5 Å². The summed E-state index contributed by atoms with van der Waals surface area (Å²) in [6, 6.07) is 7.21. The minimum absolute atomic E-state index is 0.0241. The predicted octanol–water partition coefficient (Wildman–Crippen LogP) is 2.68. The fraction of sp³-hybridized carbons (Fsp3) is 0.542. The number of nitriles is 1. The maximum atomic E-state index is 14.5. The molecule has 0 spiro atoms. The smallest absolute Gasteiger partial charge is 0.399 e. The second-order valence-electron chi connectivity index (χ2n) is 10.7. The van der Waals surface area contributed by atoms with E-state index in [9.17, 15) is 23.2 Å². The lowest BCUT2D eigenvalue weighted by Crippen LogP contribution is -2.71. The maximum absolute atomic E-state index is 14.5. The first-order chi connectivity index (χ1) is 16.6. The van der Waals surface area contributed by atoms with Gasteiger partial charge in [-0.05, 0) is 52.3 Å². The summed E-state index contributed by atoms with van der Waals surface area (Å²) in [7, 11) is -0.678. The summed E-state index contributed by atoms with van der Waals surface area (Å²) in [5.41, 5.74) is 1.55. The first-order valence-electron chi connectivity index (χ1n) is 11.6. The summed E-state index contributed by atoms with van der Waals surface area (Å²) in [6.45, 7) is 8.68. The molecule has 0 saturated carbocycles. The summed E-state index contributed by atoms with van der Waals surface area (Å²) in [4.78, 5) is 12.7. The van der Waals surface area contributed by atoms with E-state index in [4.69, 9.17) is 15.0 Å². The van der Waals surface area contributed by atoms with E-state index < -0.39 is 41.5 Å². The molecule has 1 aromatic carbocycles. The molecule has 0 radical (unpaired) electrons. The standard InChI is InChI=1S/C24H29BF3N5O3/c1-20(2)21(3,4)36-25(35-20)18-12-31-33(13-18)23(10-11-29)14-32(15-23)22(5,24(26,27)28)17-8-6-16(7-9-17)19(30)34/h6-9,12-13H,10,14-15H2,1-5H3,(H2,30,34)/t22-/m0/s1. The summed E-state index contributed by atoms with van der Waals surface area (Å²) in [5.74, 6) is -0.719. The molecule has 2 saturated heterocycles. The zero-order valence-electron chi connectivity index (χ0n) is 20.9. The van der Waals surface area contributed by atoms with Gasteiger partial charge in [-0.1, -0.05) is 12.1 Å². The topological polar surface area (TPSA) is 106 Å². The zero-order valence-corrected chi connectivity index (χ0v) is 20.9. The molecule has 192 valence electrons. The van der Waals surface area contributed by atoms with E-state index in [0.29, 0.717) is 5.46 Å². The van der Waals surface area contributed by atoms with Gasteiger partial charge in [0.15, 0.2) is 0 Å². The molecule has 0 unspecified atom stereocenters. The highest BCUT2D eigenvalue weighted by Gasteiger charge is 2.63. The molecule has 1 amide bonds. The van der Waals surface area contributed by atoms with Gasteiger partial charge in [-0.25, -0.2) is 0 Å². The van der Waals surface area contributed by atoms with Crippen molar-refractivity contribution in [3.8, 4) is 6.07 Å². The van der Waals surface area contributed by atoms with Crippen LogP contribution in [0.1, 0.15) is 57.0 Å². The van der Waals surface area contributed by atoms with E-state index in [0.717, 1.165) is 6.92 Å². The molecule has 1 aromatic heterocycles. The van der Waals surface area contributed by atoms with Gasteiger partial charge in [-0.3, -0.25) is 14.4 Å². The summed E-state index contributed by atoms with van der Waals surface area (Å²) >= 11 is 0. The summed E-state index contributed by atoms with van der Waals surface area (Å²) < 4.78 is 57.1. The average Bonchev–Trinajstić information content (AvgIpc) is 3.32. The number of alkyl halides is 3. The third-order valence-electron chi connectivity index (χ3n) is 7.91. The molecule has 1 atom stereocenters. The number of benzene rings is 1. The molecule has 2 aliphatic heterocycles. The number of amides is 1. The quantitative estimate of drug-likeness (QED) is 0.608. The van der Waals surface area contributed by atoms with E-state index in [1.54, 1.807) is 17.1 Å². The number of primary amides is 1. The number of rotatable bonds is 6. The predicted molar refractivity (Wildman–Crippen MR) is 126 cm³/mol. The highest BCUT2D eigenvalue weighted by molar-refractivity contribution is 6.62. The van der Waals surface area contributed by atoms with Crippen molar-refractivity contribution in [2.45, 2.75) is 69.5 Å². The first kappa shape index (κ1) is 26.2. The molecule has 12 heteroatoms. The van der Waals surface area contributed by atoms with Crippen LogP contribution in [0, 0.1) is 11.3 Å². The summed E-state index contributed by atoms with van der Waals surface area (Å²) in [6.07, 6.45) is -1.40. The molecule has 2 aliphatic rings. The number of likely N-dealkylation sites (tertiary alicyclic amines) is 1. The minimum Gasteiger partial charge on any atom is -0.399 e. The monoisotopic (exact) mass is 503 g/mol. The average molecular weight is 503 g/mol. The van der Waals surface area contributed by atoms with Crippen LogP contribution in [-0.4, -0.2) is 58.2 Å². The van der Waals surface area contributed by atoms with Crippen LogP contribution in [0.4, 0.5) is 13.2 Å². The molecule has 8 nitrogen and oxygen atoms in total. The number of nitrogens with two attached hydrogens (primary N) is 1. The van der Waals surface area contributed by atoms with Gasteiger partial charge >= 0.3 is 13.3 Å². The molecule has 0 bridgehead atoms. The van der Waals surface area contributed by atoms with E-state index in [-0.39, 0.29) is 30.6 Å². The third kappa shape index (κ3) is 3.99. The first-order valence-corrected chi connectivity index (χ1v) is 11.6. The zero-order chi connectivity index (χ0) is 26.7. The van der Waals surface area contributed by atoms with Crippen molar-refractivity contribution in [3.63, 3.8) is 0 Å². The molecule has 3 heterocycles. The van der Waals surface area contributed by atoms with Crippen LogP contribution >= 0.6 is 0 Å². The number of carbonyl (C=O) groups excluding carboxylic acids is 1. The molecule has 4 rings (SSSR count). The highest BCUT2D eigenvalue weighted by Crippen LogP contribution is 2.49. The minimum atomic E-state index is -4.63. The summed E-state index contributed by atoms with van der Waals surface area (Å²) in [5, 5.41) is 13.9. The molecule has 0 aliphatic carbocycles. The fourth-order valence-corrected chi connectivity index (χ4v) is 4.65. The second-order valence-corrected chi connectivity index (χ2v) is 10.7. The molecule has 2 fully saturated rings. The van der Waals surface area contributed by atoms with Crippen molar-refractivity contribution in [2.24, 2.45) is 5.73 Å². The van der Waals surface area contributed by atoms with Crippen molar-refractivity contribution in [1.82, 2.24) is 14.7 Å². The van der Waals surface area contributed by atoms with Crippen molar-refractivity contribution in [3.05, 3.63) is 47.8 Å². The van der Waals surface area contributed by atoms with Crippen molar-refractivity contribution in [1.29, 1.82) is 5.26 Å².